The third kappa shape index (κ3) is 2.35. The van der Waals surface area contributed by atoms with Crippen molar-refractivity contribution in [3.63, 3.8) is 0 Å². The van der Waals surface area contributed by atoms with E-state index in [-0.39, 0.29) is 6.54 Å². The summed E-state index contributed by atoms with van der Waals surface area (Å²) in [5, 5.41) is 0. The first kappa shape index (κ1) is 10.8. The van der Waals surface area contributed by atoms with Crippen molar-refractivity contribution in [2.75, 3.05) is 6.54 Å². The normalized spacial score (nSPS) is 13.0. The van der Waals surface area contributed by atoms with Gasteiger partial charge in [-0.1, -0.05) is 0 Å². The minimum Gasteiger partial charge on any atom is -0.329 e. The highest BCUT2D eigenvalue weighted by molar-refractivity contribution is 14.1. The van der Waals surface area contributed by atoms with Crippen LogP contribution < -0.4 is 11.5 Å². The third-order valence-corrected chi connectivity index (χ3v) is 2.81. The zero-order chi connectivity index (χ0) is 10.0. The summed E-state index contributed by atoms with van der Waals surface area (Å²) in [6.07, 6.45) is 0. The fourth-order valence-electron chi connectivity index (χ4n) is 0.973. The van der Waals surface area contributed by atoms with Crippen molar-refractivity contribution >= 4 is 22.6 Å². The van der Waals surface area contributed by atoms with Crippen LogP contribution in [-0.2, 0) is 0 Å². The van der Waals surface area contributed by atoms with Crippen molar-refractivity contribution in [1.29, 1.82) is 0 Å². The molecule has 5 heteroatoms. The maximum absolute atomic E-state index is 13.0. The summed E-state index contributed by atoms with van der Waals surface area (Å²) in [5.41, 5.74) is 11.3. The molecule has 0 unspecified atom stereocenters. The van der Waals surface area contributed by atoms with Gasteiger partial charge in [0, 0.05) is 18.7 Å². The smallest absolute Gasteiger partial charge is 0.139 e. The minimum atomic E-state index is -0.628. The predicted octanol–water partition coefficient (Wildman–Crippen LogP) is 1.53. The van der Waals surface area contributed by atoms with E-state index in [1.165, 1.54) is 6.07 Å². The maximum Gasteiger partial charge on any atom is 0.139 e. The number of rotatable bonds is 2. The molecule has 0 aromatic heterocycles. The van der Waals surface area contributed by atoms with Crippen molar-refractivity contribution in [2.24, 2.45) is 11.5 Å². The molecule has 0 fully saturated rings. The zero-order valence-electron chi connectivity index (χ0n) is 6.73. The van der Waals surface area contributed by atoms with Gasteiger partial charge in [0.15, 0.2) is 0 Å². The molecule has 0 aliphatic heterocycles. The highest BCUT2D eigenvalue weighted by Crippen LogP contribution is 2.22. The van der Waals surface area contributed by atoms with Crippen LogP contribution in [0.1, 0.15) is 11.6 Å². The van der Waals surface area contributed by atoms with E-state index in [4.69, 9.17) is 11.5 Å². The number of halogens is 3. The average Bonchev–Trinajstić information content (AvgIpc) is 2.10. The fraction of sp³-hybridized carbons (Fsp3) is 0.250. The van der Waals surface area contributed by atoms with Crippen LogP contribution in [-0.4, -0.2) is 6.54 Å². The summed E-state index contributed by atoms with van der Waals surface area (Å²) in [7, 11) is 0. The van der Waals surface area contributed by atoms with Crippen LogP contribution in [0.15, 0.2) is 12.1 Å². The van der Waals surface area contributed by atoms with E-state index >= 15 is 0 Å². The van der Waals surface area contributed by atoms with Gasteiger partial charge >= 0.3 is 0 Å². The van der Waals surface area contributed by atoms with E-state index in [0.717, 1.165) is 6.07 Å². The summed E-state index contributed by atoms with van der Waals surface area (Å²) >= 11 is 1.78. The first-order chi connectivity index (χ1) is 6.06. The van der Waals surface area contributed by atoms with Crippen molar-refractivity contribution in [2.45, 2.75) is 6.04 Å². The standard InChI is InChI=1S/C8H9F2IN2/c9-4-1-5(7(13)3-12)8(11)6(10)2-4/h1-2,7H,3,12-13H2/t7-/m0/s1. The Morgan fingerprint density at radius 2 is 2.00 bits per heavy atom. The lowest BCUT2D eigenvalue weighted by Crippen LogP contribution is -2.22. The molecule has 2 nitrogen and oxygen atoms in total. The molecule has 0 saturated heterocycles. The molecule has 0 bridgehead atoms. The molecule has 0 aliphatic rings. The average molecular weight is 298 g/mol. The summed E-state index contributed by atoms with van der Waals surface area (Å²) in [6, 6.07) is 1.52. The quantitative estimate of drug-likeness (QED) is 0.642. The second kappa shape index (κ2) is 4.30. The molecular weight excluding hydrogens is 289 g/mol. The van der Waals surface area contributed by atoms with Gasteiger partial charge in [0.1, 0.15) is 11.6 Å². The van der Waals surface area contributed by atoms with Crippen molar-refractivity contribution < 1.29 is 8.78 Å². The van der Waals surface area contributed by atoms with E-state index in [1.54, 1.807) is 22.6 Å². The highest BCUT2D eigenvalue weighted by Gasteiger charge is 2.13. The predicted molar refractivity (Wildman–Crippen MR) is 55.1 cm³/mol. The summed E-state index contributed by atoms with van der Waals surface area (Å²) in [4.78, 5) is 0. The lowest BCUT2D eigenvalue weighted by Gasteiger charge is -2.11. The van der Waals surface area contributed by atoms with Crippen LogP contribution in [0.3, 0.4) is 0 Å². The van der Waals surface area contributed by atoms with Crippen molar-refractivity contribution in [3.05, 3.63) is 32.9 Å². The van der Waals surface area contributed by atoms with E-state index in [2.05, 4.69) is 0 Å². The van der Waals surface area contributed by atoms with Gasteiger partial charge in [0.2, 0.25) is 0 Å². The minimum absolute atomic E-state index is 0.166. The van der Waals surface area contributed by atoms with Crippen LogP contribution in [0, 0.1) is 15.2 Å². The molecule has 72 valence electrons. The summed E-state index contributed by atoms with van der Waals surface area (Å²) in [6.45, 7) is 0.166. The van der Waals surface area contributed by atoms with E-state index < -0.39 is 17.7 Å². The van der Waals surface area contributed by atoms with Crippen LogP contribution in [0.5, 0.6) is 0 Å². The molecule has 0 spiro atoms. The Labute approximate surface area is 88.4 Å². The van der Waals surface area contributed by atoms with E-state index in [9.17, 15) is 8.78 Å². The first-order valence-electron chi connectivity index (χ1n) is 3.66. The molecule has 0 amide bonds. The molecular formula is C8H9F2IN2. The Morgan fingerprint density at radius 3 is 2.54 bits per heavy atom. The van der Waals surface area contributed by atoms with E-state index in [1.807, 2.05) is 0 Å². The number of hydrogen-bond acceptors (Lipinski definition) is 2. The Kier molecular flexibility index (Phi) is 3.57. The molecule has 0 radical (unpaired) electrons. The van der Waals surface area contributed by atoms with Crippen molar-refractivity contribution in [1.82, 2.24) is 0 Å². The Balaban J connectivity index is 3.20. The van der Waals surface area contributed by atoms with Gasteiger partial charge in [-0.05, 0) is 34.2 Å². The highest BCUT2D eigenvalue weighted by atomic mass is 127. The number of hydrogen-bond donors (Lipinski definition) is 2. The summed E-state index contributed by atoms with van der Waals surface area (Å²) in [5.74, 6) is -1.23. The Morgan fingerprint density at radius 1 is 1.38 bits per heavy atom. The largest absolute Gasteiger partial charge is 0.329 e. The molecule has 0 saturated carbocycles. The molecule has 0 heterocycles. The van der Waals surface area contributed by atoms with Crippen LogP contribution in [0.4, 0.5) is 8.78 Å². The molecule has 1 rings (SSSR count). The third-order valence-electron chi connectivity index (χ3n) is 1.67. The first-order valence-corrected chi connectivity index (χ1v) is 4.74. The van der Waals surface area contributed by atoms with Gasteiger partial charge in [-0.15, -0.1) is 0 Å². The van der Waals surface area contributed by atoms with Gasteiger partial charge in [-0.25, -0.2) is 8.78 Å². The molecule has 0 aliphatic carbocycles. The second-order valence-electron chi connectivity index (χ2n) is 2.63. The Hall–Kier alpha value is -0.270. The van der Waals surface area contributed by atoms with Gasteiger partial charge in [-0.3, -0.25) is 0 Å². The van der Waals surface area contributed by atoms with E-state index in [0.29, 0.717) is 9.13 Å². The van der Waals surface area contributed by atoms with Gasteiger partial charge < -0.3 is 11.5 Å². The van der Waals surface area contributed by atoms with Crippen LogP contribution >= 0.6 is 22.6 Å². The van der Waals surface area contributed by atoms with Crippen LogP contribution in [0.25, 0.3) is 0 Å². The molecule has 13 heavy (non-hydrogen) atoms. The lowest BCUT2D eigenvalue weighted by atomic mass is 10.1. The Bertz CT molecular complexity index is 317. The van der Waals surface area contributed by atoms with Gasteiger partial charge in [0.05, 0.1) is 3.57 Å². The van der Waals surface area contributed by atoms with Gasteiger partial charge in [0.25, 0.3) is 0 Å². The second-order valence-corrected chi connectivity index (χ2v) is 3.71. The van der Waals surface area contributed by atoms with Gasteiger partial charge in [-0.2, -0.15) is 0 Å². The van der Waals surface area contributed by atoms with Crippen molar-refractivity contribution in [3.8, 4) is 0 Å². The molecule has 1 atom stereocenters. The molecule has 4 N–H and O–H groups in total. The monoisotopic (exact) mass is 298 g/mol. The SMILES string of the molecule is NC[C@H](N)c1cc(F)cc(F)c1I. The van der Waals surface area contributed by atoms with Crippen LogP contribution in [0.2, 0.25) is 0 Å². The fourth-order valence-corrected chi connectivity index (χ4v) is 1.68. The maximum atomic E-state index is 13.0. The molecule has 1 aromatic carbocycles. The summed E-state index contributed by atoms with van der Waals surface area (Å²) < 4.78 is 26.1. The lowest BCUT2D eigenvalue weighted by molar-refractivity contribution is 0.567. The zero-order valence-corrected chi connectivity index (χ0v) is 8.89. The number of nitrogens with two attached hydrogens (primary N) is 2. The topological polar surface area (TPSA) is 52.0 Å². The molecule has 1 aromatic rings. The number of benzene rings is 1.